The summed E-state index contributed by atoms with van der Waals surface area (Å²) in [6, 6.07) is 21.9. The van der Waals surface area contributed by atoms with Crippen molar-refractivity contribution in [1.82, 2.24) is 4.98 Å². The SMILES string of the molecule is NC(Cc1ccc(F)cc1)c1csc(NC(=O)Nc2ccccc2Oc2ccccc2)n1. The first-order valence-corrected chi connectivity index (χ1v) is 10.8. The predicted octanol–water partition coefficient (Wildman–Crippen LogP) is 5.96. The van der Waals surface area contributed by atoms with Gasteiger partial charge >= 0.3 is 6.03 Å². The molecule has 0 fully saturated rings. The molecule has 0 aliphatic carbocycles. The first kappa shape index (κ1) is 21.5. The van der Waals surface area contributed by atoms with Crippen molar-refractivity contribution in [2.75, 3.05) is 10.6 Å². The summed E-state index contributed by atoms with van der Waals surface area (Å²) in [5.74, 6) is 0.904. The Bertz CT molecular complexity index is 1180. The Kier molecular flexibility index (Phi) is 6.74. The minimum Gasteiger partial charge on any atom is -0.455 e. The summed E-state index contributed by atoms with van der Waals surface area (Å²) in [4.78, 5) is 16.9. The first-order valence-electron chi connectivity index (χ1n) is 9.92. The molecule has 0 bridgehead atoms. The lowest BCUT2D eigenvalue weighted by atomic mass is 10.0. The molecule has 0 radical (unpaired) electrons. The number of nitrogens with zero attached hydrogens (tertiary/aromatic N) is 1. The van der Waals surface area contributed by atoms with Crippen molar-refractivity contribution in [1.29, 1.82) is 0 Å². The van der Waals surface area contributed by atoms with E-state index in [1.807, 2.05) is 42.5 Å². The third kappa shape index (κ3) is 5.69. The number of benzene rings is 3. The molecule has 1 heterocycles. The lowest BCUT2D eigenvalue weighted by molar-refractivity contribution is 0.262. The van der Waals surface area contributed by atoms with Gasteiger partial charge in [-0.25, -0.2) is 14.2 Å². The molecule has 32 heavy (non-hydrogen) atoms. The van der Waals surface area contributed by atoms with E-state index in [1.165, 1.54) is 23.5 Å². The maximum atomic E-state index is 13.1. The summed E-state index contributed by atoms with van der Waals surface area (Å²) in [5.41, 5.74) is 8.32. The smallest absolute Gasteiger partial charge is 0.325 e. The summed E-state index contributed by atoms with van der Waals surface area (Å²) >= 11 is 1.28. The molecule has 0 aliphatic rings. The average Bonchev–Trinajstić information content (AvgIpc) is 3.26. The quantitative estimate of drug-likeness (QED) is 0.325. The third-order valence-electron chi connectivity index (χ3n) is 4.60. The van der Waals surface area contributed by atoms with Gasteiger partial charge < -0.3 is 15.8 Å². The fourth-order valence-electron chi connectivity index (χ4n) is 3.02. The van der Waals surface area contributed by atoms with Crippen LogP contribution in [0, 0.1) is 5.82 Å². The van der Waals surface area contributed by atoms with Crippen LogP contribution < -0.4 is 21.1 Å². The average molecular weight is 449 g/mol. The molecule has 0 saturated heterocycles. The number of nitrogens with two attached hydrogens (primary N) is 1. The number of anilines is 2. The van der Waals surface area contributed by atoms with Gasteiger partial charge in [-0.1, -0.05) is 42.5 Å². The van der Waals surface area contributed by atoms with E-state index < -0.39 is 6.03 Å². The molecular weight excluding hydrogens is 427 g/mol. The van der Waals surface area contributed by atoms with E-state index in [-0.39, 0.29) is 11.9 Å². The van der Waals surface area contributed by atoms with Crippen LogP contribution in [0.5, 0.6) is 11.5 Å². The second-order valence-corrected chi connectivity index (χ2v) is 7.86. The third-order valence-corrected chi connectivity index (χ3v) is 5.37. The summed E-state index contributed by atoms with van der Waals surface area (Å²) < 4.78 is 18.9. The topological polar surface area (TPSA) is 89.3 Å². The zero-order valence-corrected chi connectivity index (χ0v) is 17.8. The Morgan fingerprint density at radius 2 is 1.72 bits per heavy atom. The van der Waals surface area contributed by atoms with E-state index in [9.17, 15) is 9.18 Å². The highest BCUT2D eigenvalue weighted by Gasteiger charge is 2.14. The van der Waals surface area contributed by atoms with Crippen molar-refractivity contribution >= 4 is 28.2 Å². The number of carbonyl (C=O) groups is 1. The standard InChI is InChI=1S/C24H21FN4O2S/c25-17-12-10-16(11-13-17)14-19(26)21-15-32-24(28-21)29-23(30)27-20-8-4-5-9-22(20)31-18-6-2-1-3-7-18/h1-13,15,19H,14,26H2,(H2,27,28,29,30). The van der Waals surface area contributed by atoms with Crippen LogP contribution in [-0.2, 0) is 6.42 Å². The maximum absolute atomic E-state index is 13.1. The molecule has 0 aliphatic heterocycles. The largest absolute Gasteiger partial charge is 0.455 e. The van der Waals surface area contributed by atoms with Gasteiger partial charge in [0.2, 0.25) is 0 Å². The number of carbonyl (C=O) groups excluding carboxylic acids is 1. The summed E-state index contributed by atoms with van der Waals surface area (Å²) in [7, 11) is 0. The van der Waals surface area contributed by atoms with Gasteiger partial charge in [-0.3, -0.25) is 5.32 Å². The molecule has 162 valence electrons. The second kappa shape index (κ2) is 10.0. The lowest BCUT2D eigenvalue weighted by Crippen LogP contribution is -2.20. The van der Waals surface area contributed by atoms with Crippen LogP contribution in [0.15, 0.2) is 84.2 Å². The molecule has 1 unspecified atom stereocenters. The number of halogens is 1. The van der Waals surface area contributed by atoms with Gasteiger partial charge in [-0.2, -0.15) is 0 Å². The van der Waals surface area contributed by atoms with Crippen molar-refractivity contribution in [3.63, 3.8) is 0 Å². The number of ether oxygens (including phenoxy) is 1. The fourth-order valence-corrected chi connectivity index (χ4v) is 3.79. The van der Waals surface area contributed by atoms with Gasteiger partial charge in [0.1, 0.15) is 11.6 Å². The lowest BCUT2D eigenvalue weighted by Gasteiger charge is -2.12. The Morgan fingerprint density at radius 1 is 1.00 bits per heavy atom. The number of amides is 2. The number of thiazole rings is 1. The van der Waals surface area contributed by atoms with Crippen molar-refractivity contribution in [3.8, 4) is 11.5 Å². The molecular formula is C24H21FN4O2S. The zero-order valence-electron chi connectivity index (χ0n) is 17.0. The van der Waals surface area contributed by atoms with Crippen LogP contribution in [0.4, 0.5) is 20.0 Å². The van der Waals surface area contributed by atoms with E-state index >= 15 is 0 Å². The fraction of sp³-hybridized carbons (Fsp3) is 0.0833. The van der Waals surface area contributed by atoms with Gasteiger partial charge in [0.15, 0.2) is 10.9 Å². The first-order chi connectivity index (χ1) is 15.6. The number of aromatic nitrogens is 1. The highest BCUT2D eigenvalue weighted by Crippen LogP contribution is 2.29. The van der Waals surface area contributed by atoms with Crippen LogP contribution in [0.3, 0.4) is 0 Å². The van der Waals surface area contributed by atoms with Crippen molar-refractivity contribution in [2.45, 2.75) is 12.5 Å². The van der Waals surface area contributed by atoms with Crippen molar-refractivity contribution in [3.05, 3.63) is 101 Å². The molecule has 3 aromatic carbocycles. The van der Waals surface area contributed by atoms with Crippen LogP contribution in [0.1, 0.15) is 17.3 Å². The molecule has 6 nitrogen and oxygen atoms in total. The van der Waals surface area contributed by atoms with Gasteiger partial charge in [-0.15, -0.1) is 11.3 Å². The Morgan fingerprint density at radius 3 is 2.50 bits per heavy atom. The Hall–Kier alpha value is -3.75. The number of urea groups is 1. The van der Waals surface area contributed by atoms with E-state index in [0.717, 1.165) is 5.56 Å². The van der Waals surface area contributed by atoms with Crippen LogP contribution in [0.25, 0.3) is 0 Å². The monoisotopic (exact) mass is 448 g/mol. The van der Waals surface area contributed by atoms with Crippen LogP contribution >= 0.6 is 11.3 Å². The van der Waals surface area contributed by atoms with Gasteiger partial charge in [-0.05, 0) is 48.4 Å². The van der Waals surface area contributed by atoms with E-state index in [0.29, 0.717) is 34.4 Å². The van der Waals surface area contributed by atoms with Crippen LogP contribution in [0.2, 0.25) is 0 Å². The molecule has 0 saturated carbocycles. The molecule has 1 atom stereocenters. The minimum atomic E-state index is -0.442. The summed E-state index contributed by atoms with van der Waals surface area (Å²) in [5, 5.41) is 7.74. The number of hydrogen-bond donors (Lipinski definition) is 3. The maximum Gasteiger partial charge on any atom is 0.325 e. The highest BCUT2D eigenvalue weighted by molar-refractivity contribution is 7.14. The van der Waals surface area contributed by atoms with Crippen molar-refractivity contribution < 1.29 is 13.9 Å². The molecule has 1 aromatic heterocycles. The van der Waals surface area contributed by atoms with Crippen molar-refractivity contribution in [2.24, 2.45) is 5.73 Å². The molecule has 0 spiro atoms. The van der Waals surface area contributed by atoms with Gasteiger partial charge in [0.25, 0.3) is 0 Å². The predicted molar refractivity (Wildman–Crippen MR) is 125 cm³/mol. The summed E-state index contributed by atoms with van der Waals surface area (Å²) in [6.45, 7) is 0. The minimum absolute atomic E-state index is 0.288. The zero-order chi connectivity index (χ0) is 22.3. The molecule has 4 N–H and O–H groups in total. The Balaban J connectivity index is 1.37. The van der Waals surface area contributed by atoms with E-state index in [1.54, 1.807) is 29.6 Å². The second-order valence-electron chi connectivity index (χ2n) is 7.01. The molecule has 4 aromatic rings. The highest BCUT2D eigenvalue weighted by atomic mass is 32.1. The normalized spacial score (nSPS) is 11.6. The van der Waals surface area contributed by atoms with E-state index in [2.05, 4.69) is 15.6 Å². The van der Waals surface area contributed by atoms with Gasteiger partial charge in [0.05, 0.1) is 17.4 Å². The van der Waals surface area contributed by atoms with E-state index in [4.69, 9.17) is 10.5 Å². The molecule has 4 rings (SSSR count). The number of rotatable bonds is 7. The molecule has 2 amide bonds. The number of hydrogen-bond acceptors (Lipinski definition) is 5. The molecule has 8 heteroatoms. The summed E-state index contributed by atoms with van der Waals surface area (Å²) in [6.07, 6.45) is 0.514. The van der Waals surface area contributed by atoms with Gasteiger partial charge in [0, 0.05) is 5.38 Å². The van der Waals surface area contributed by atoms with Crippen LogP contribution in [-0.4, -0.2) is 11.0 Å². The number of nitrogens with one attached hydrogen (secondary N) is 2. The Labute approximate surface area is 188 Å². The number of para-hydroxylation sites is 3.